The van der Waals surface area contributed by atoms with Gasteiger partial charge in [0.05, 0.1) is 0 Å². The molecule has 0 saturated heterocycles. The van der Waals surface area contributed by atoms with Crippen molar-refractivity contribution in [1.82, 2.24) is 10.6 Å². The van der Waals surface area contributed by atoms with E-state index in [0.29, 0.717) is 0 Å². The number of methoxy groups -OCH3 is 1. The lowest BCUT2D eigenvalue weighted by Gasteiger charge is -2.14. The average molecular weight is 256 g/mol. The minimum Gasteiger partial charge on any atom is -0.385 e. The van der Waals surface area contributed by atoms with E-state index < -0.39 is 0 Å². The van der Waals surface area contributed by atoms with Gasteiger partial charge in [-0.1, -0.05) is 11.6 Å². The third-order valence-electron chi connectivity index (χ3n) is 2.93. The molecule has 0 heterocycles. The molecule has 1 aliphatic rings. The number of ether oxygens (including phenoxy) is 1. The minimum absolute atomic E-state index is 0.762. The number of thiocarbonyl (C=S) groups is 1. The predicted molar refractivity (Wildman–Crippen MR) is 76.3 cm³/mol. The van der Waals surface area contributed by atoms with E-state index in [1.165, 1.54) is 25.7 Å². The fourth-order valence-electron chi connectivity index (χ4n) is 1.95. The van der Waals surface area contributed by atoms with Crippen molar-refractivity contribution in [3.05, 3.63) is 11.6 Å². The van der Waals surface area contributed by atoms with Crippen LogP contribution in [-0.4, -0.2) is 31.9 Å². The van der Waals surface area contributed by atoms with E-state index >= 15 is 0 Å². The van der Waals surface area contributed by atoms with Crippen molar-refractivity contribution < 1.29 is 4.74 Å². The Bertz CT molecular complexity index is 254. The van der Waals surface area contributed by atoms with E-state index in [0.717, 1.165) is 37.7 Å². The number of hydrogen-bond acceptors (Lipinski definition) is 2. The largest absolute Gasteiger partial charge is 0.385 e. The van der Waals surface area contributed by atoms with Crippen LogP contribution in [-0.2, 0) is 4.74 Å². The molecule has 0 fully saturated rings. The lowest BCUT2D eigenvalue weighted by molar-refractivity contribution is 0.195. The number of hydrogen-bond donors (Lipinski definition) is 2. The topological polar surface area (TPSA) is 33.3 Å². The molecule has 17 heavy (non-hydrogen) atoms. The second-order valence-electron chi connectivity index (χ2n) is 4.39. The van der Waals surface area contributed by atoms with Crippen molar-refractivity contribution in [2.24, 2.45) is 0 Å². The van der Waals surface area contributed by atoms with Gasteiger partial charge < -0.3 is 15.4 Å². The Balaban J connectivity index is 1.98. The molecule has 0 aromatic rings. The van der Waals surface area contributed by atoms with Crippen LogP contribution < -0.4 is 10.6 Å². The summed E-state index contributed by atoms with van der Waals surface area (Å²) in [5, 5.41) is 7.18. The van der Waals surface area contributed by atoms with E-state index in [9.17, 15) is 0 Å². The van der Waals surface area contributed by atoms with Gasteiger partial charge in [0.15, 0.2) is 5.11 Å². The maximum atomic E-state index is 5.19. The second kappa shape index (κ2) is 9.42. The van der Waals surface area contributed by atoms with E-state index in [1.54, 1.807) is 12.7 Å². The standard InChI is InChI=1S/C13H24N2OS/c1-16-11-5-9-14-13(17)15-10-8-12-6-3-2-4-7-12/h6H,2-5,7-11H2,1H3,(H2,14,15,17). The molecule has 0 amide bonds. The SMILES string of the molecule is COCCCNC(=S)NCCC1=CCCCC1. The monoisotopic (exact) mass is 256 g/mol. The molecule has 0 unspecified atom stereocenters. The predicted octanol–water partition coefficient (Wildman–Crippen LogP) is 2.38. The second-order valence-corrected chi connectivity index (χ2v) is 4.80. The maximum Gasteiger partial charge on any atom is 0.166 e. The molecule has 3 nitrogen and oxygen atoms in total. The first-order valence-corrected chi connectivity index (χ1v) is 6.92. The summed E-state index contributed by atoms with van der Waals surface area (Å²) in [6.45, 7) is 2.60. The van der Waals surface area contributed by atoms with E-state index in [2.05, 4.69) is 16.7 Å². The van der Waals surface area contributed by atoms with Crippen molar-refractivity contribution in [3.8, 4) is 0 Å². The highest BCUT2D eigenvalue weighted by Gasteiger charge is 2.03. The summed E-state index contributed by atoms with van der Waals surface area (Å²) in [4.78, 5) is 0. The van der Waals surface area contributed by atoms with Gasteiger partial charge in [-0.05, 0) is 50.7 Å². The van der Waals surface area contributed by atoms with Crippen molar-refractivity contribution in [2.45, 2.75) is 38.5 Å². The molecular weight excluding hydrogens is 232 g/mol. The summed E-state index contributed by atoms with van der Waals surface area (Å²) < 4.78 is 4.97. The summed E-state index contributed by atoms with van der Waals surface area (Å²) in [6, 6.07) is 0. The Hall–Kier alpha value is -0.610. The Morgan fingerprint density at radius 1 is 1.35 bits per heavy atom. The van der Waals surface area contributed by atoms with Crippen molar-refractivity contribution in [3.63, 3.8) is 0 Å². The molecule has 0 aromatic carbocycles. The summed E-state index contributed by atoms with van der Waals surface area (Å²) in [7, 11) is 1.72. The maximum absolute atomic E-state index is 5.19. The van der Waals surface area contributed by atoms with Gasteiger partial charge in [-0.15, -0.1) is 0 Å². The molecule has 98 valence electrons. The van der Waals surface area contributed by atoms with Gasteiger partial charge in [0, 0.05) is 26.8 Å². The number of nitrogens with one attached hydrogen (secondary N) is 2. The highest BCUT2D eigenvalue weighted by atomic mass is 32.1. The highest BCUT2D eigenvalue weighted by molar-refractivity contribution is 7.80. The fourth-order valence-corrected chi connectivity index (χ4v) is 2.15. The van der Waals surface area contributed by atoms with Crippen LogP contribution in [0.3, 0.4) is 0 Å². The van der Waals surface area contributed by atoms with Gasteiger partial charge in [-0.2, -0.15) is 0 Å². The van der Waals surface area contributed by atoms with Crippen LogP contribution in [0, 0.1) is 0 Å². The quantitative estimate of drug-likeness (QED) is 0.416. The molecule has 1 aliphatic carbocycles. The summed E-state index contributed by atoms with van der Waals surface area (Å²) in [5.41, 5.74) is 1.59. The molecule has 0 aromatic heterocycles. The third kappa shape index (κ3) is 7.34. The first-order chi connectivity index (χ1) is 8.33. The van der Waals surface area contributed by atoms with E-state index in [-0.39, 0.29) is 0 Å². The minimum atomic E-state index is 0.762. The van der Waals surface area contributed by atoms with Crippen LogP contribution in [0.4, 0.5) is 0 Å². The number of rotatable bonds is 7. The van der Waals surface area contributed by atoms with Gasteiger partial charge >= 0.3 is 0 Å². The zero-order chi connectivity index (χ0) is 12.3. The fraction of sp³-hybridized carbons (Fsp3) is 0.769. The van der Waals surface area contributed by atoms with E-state index in [1.807, 2.05) is 0 Å². The molecule has 0 bridgehead atoms. The Morgan fingerprint density at radius 3 is 2.88 bits per heavy atom. The zero-order valence-electron chi connectivity index (χ0n) is 10.8. The number of allylic oxidation sites excluding steroid dienone is 1. The Labute approximate surface area is 110 Å². The molecule has 0 atom stereocenters. The van der Waals surface area contributed by atoms with Gasteiger partial charge in [-0.3, -0.25) is 0 Å². The third-order valence-corrected chi connectivity index (χ3v) is 3.22. The molecule has 0 spiro atoms. The molecule has 0 radical (unpaired) electrons. The Morgan fingerprint density at radius 2 is 2.18 bits per heavy atom. The molecule has 0 aliphatic heterocycles. The van der Waals surface area contributed by atoms with Crippen molar-refractivity contribution in [1.29, 1.82) is 0 Å². The van der Waals surface area contributed by atoms with Crippen LogP contribution >= 0.6 is 12.2 Å². The molecular formula is C13H24N2OS. The summed E-state index contributed by atoms with van der Waals surface area (Å²) >= 11 is 5.19. The molecule has 1 rings (SSSR count). The van der Waals surface area contributed by atoms with Crippen LogP contribution in [0.15, 0.2) is 11.6 Å². The lowest BCUT2D eigenvalue weighted by atomic mass is 9.97. The lowest BCUT2D eigenvalue weighted by Crippen LogP contribution is -2.36. The summed E-state index contributed by atoms with van der Waals surface area (Å²) in [6.07, 6.45) is 9.75. The molecule has 4 heteroatoms. The summed E-state index contributed by atoms with van der Waals surface area (Å²) in [5.74, 6) is 0. The van der Waals surface area contributed by atoms with Crippen LogP contribution in [0.2, 0.25) is 0 Å². The molecule has 2 N–H and O–H groups in total. The first kappa shape index (κ1) is 14.5. The van der Waals surface area contributed by atoms with Crippen molar-refractivity contribution >= 4 is 17.3 Å². The first-order valence-electron chi connectivity index (χ1n) is 6.51. The smallest absolute Gasteiger partial charge is 0.166 e. The van der Waals surface area contributed by atoms with Crippen LogP contribution in [0.5, 0.6) is 0 Å². The van der Waals surface area contributed by atoms with Gasteiger partial charge in [-0.25, -0.2) is 0 Å². The van der Waals surface area contributed by atoms with Crippen LogP contribution in [0.25, 0.3) is 0 Å². The Kier molecular flexibility index (Phi) is 8.01. The van der Waals surface area contributed by atoms with Gasteiger partial charge in [0.1, 0.15) is 0 Å². The zero-order valence-corrected chi connectivity index (χ0v) is 11.6. The van der Waals surface area contributed by atoms with Crippen molar-refractivity contribution in [2.75, 3.05) is 26.8 Å². The van der Waals surface area contributed by atoms with Crippen LogP contribution in [0.1, 0.15) is 38.5 Å². The van der Waals surface area contributed by atoms with E-state index in [4.69, 9.17) is 17.0 Å². The normalized spacial score (nSPS) is 15.2. The van der Waals surface area contributed by atoms with Gasteiger partial charge in [0.2, 0.25) is 0 Å². The molecule has 0 saturated carbocycles. The van der Waals surface area contributed by atoms with Gasteiger partial charge in [0.25, 0.3) is 0 Å². The highest BCUT2D eigenvalue weighted by Crippen LogP contribution is 2.19. The average Bonchev–Trinajstić information content (AvgIpc) is 2.36.